The molecule has 0 aliphatic heterocycles. The van der Waals surface area contributed by atoms with Gasteiger partial charge < -0.3 is 15.0 Å². The summed E-state index contributed by atoms with van der Waals surface area (Å²) in [6.45, 7) is 0. The van der Waals surface area contributed by atoms with Gasteiger partial charge in [0.05, 0.1) is 32.9 Å². The number of halogens is 2. The molecule has 1 aromatic heterocycles. The summed E-state index contributed by atoms with van der Waals surface area (Å²) in [6, 6.07) is 4.29. The van der Waals surface area contributed by atoms with Crippen molar-refractivity contribution in [1.29, 1.82) is 0 Å². The zero-order valence-electron chi connectivity index (χ0n) is 13.3. The second-order valence-electron chi connectivity index (χ2n) is 4.37. The number of rotatable bonds is 3. The average molecular weight is 366 g/mol. The van der Waals surface area contributed by atoms with E-state index in [4.69, 9.17) is 7.48 Å². The Morgan fingerprint density at radius 1 is 1.50 bits per heavy atom. The summed E-state index contributed by atoms with van der Waals surface area (Å²) in [6.07, 6.45) is 1.31. The Morgan fingerprint density at radius 2 is 2.23 bits per heavy atom. The van der Waals surface area contributed by atoms with Crippen LogP contribution < -0.4 is 5.32 Å². The van der Waals surface area contributed by atoms with Gasteiger partial charge in [-0.15, -0.1) is 0 Å². The molecule has 0 aliphatic rings. The summed E-state index contributed by atoms with van der Waals surface area (Å²) in [5, 5.41) is 2.68. The third-order valence-corrected chi connectivity index (χ3v) is 3.48. The first-order valence-corrected chi connectivity index (χ1v) is 6.99. The molecule has 0 aliphatic carbocycles. The molecule has 0 amide bonds. The van der Waals surface area contributed by atoms with Crippen molar-refractivity contribution >= 4 is 44.3 Å². The number of hydrogen-bond donors (Lipinski definition) is 2. The van der Waals surface area contributed by atoms with Crippen LogP contribution in [0.2, 0.25) is 0 Å². The van der Waals surface area contributed by atoms with Crippen molar-refractivity contribution < 1.29 is 16.7 Å². The molecule has 0 atom stereocenters. The van der Waals surface area contributed by atoms with E-state index in [2.05, 4.69) is 31.2 Å². The van der Waals surface area contributed by atoms with Crippen molar-refractivity contribution in [3.8, 4) is 0 Å². The molecule has 2 N–H and O–H groups in total. The van der Waals surface area contributed by atoms with E-state index in [-0.39, 0.29) is 34.5 Å². The number of methoxy groups -OCH3 is 1. The zero-order valence-corrected chi connectivity index (χ0v) is 12.9. The standard InChI is InChI=1S/C15H11BrFN3O2/c1-22-15(21)10-6-11-14(19-7-18-11)12(17)13(10)20-9-4-2-8(16)3-5-9/h2-7,20H,1H3,(H,18,19)/i4D,5D. The Labute approximate surface area is 136 Å². The molecule has 2 aromatic carbocycles. The van der Waals surface area contributed by atoms with Gasteiger partial charge in [0.15, 0.2) is 5.82 Å². The van der Waals surface area contributed by atoms with Gasteiger partial charge in [-0.1, -0.05) is 15.9 Å². The van der Waals surface area contributed by atoms with Crippen LogP contribution in [0.25, 0.3) is 11.0 Å². The van der Waals surface area contributed by atoms with Crippen LogP contribution in [0.3, 0.4) is 0 Å². The fourth-order valence-electron chi connectivity index (χ4n) is 2.00. The topological polar surface area (TPSA) is 67.0 Å². The average Bonchev–Trinajstić information content (AvgIpc) is 3.00. The van der Waals surface area contributed by atoms with Gasteiger partial charge in [0.2, 0.25) is 0 Å². The predicted molar refractivity (Wildman–Crippen MR) is 84.8 cm³/mol. The Bertz CT molecular complexity index is 938. The molecule has 0 bridgehead atoms. The van der Waals surface area contributed by atoms with Gasteiger partial charge in [-0.3, -0.25) is 0 Å². The second-order valence-corrected chi connectivity index (χ2v) is 5.28. The predicted octanol–water partition coefficient (Wildman–Crippen LogP) is 3.99. The number of carbonyl (C=O) groups is 1. The number of nitrogens with one attached hydrogen (secondary N) is 2. The van der Waals surface area contributed by atoms with Crippen LogP contribution in [0, 0.1) is 5.82 Å². The molecule has 0 saturated heterocycles. The largest absolute Gasteiger partial charge is 0.465 e. The van der Waals surface area contributed by atoms with E-state index >= 15 is 0 Å². The monoisotopic (exact) mass is 365 g/mol. The first-order chi connectivity index (χ1) is 11.4. The van der Waals surface area contributed by atoms with Crippen LogP contribution in [-0.4, -0.2) is 23.0 Å². The smallest absolute Gasteiger partial charge is 0.340 e. The van der Waals surface area contributed by atoms with Gasteiger partial charge in [0.1, 0.15) is 5.52 Å². The van der Waals surface area contributed by atoms with Crippen LogP contribution >= 0.6 is 15.9 Å². The highest BCUT2D eigenvalue weighted by Crippen LogP contribution is 2.30. The van der Waals surface area contributed by atoms with Crippen molar-refractivity contribution in [2.45, 2.75) is 0 Å². The molecule has 0 saturated carbocycles. The summed E-state index contributed by atoms with van der Waals surface area (Å²) in [5.41, 5.74) is 0.197. The molecular formula is C15H11BrFN3O2. The number of anilines is 2. The van der Waals surface area contributed by atoms with Crippen molar-refractivity contribution in [3.05, 3.63) is 52.5 Å². The number of hydrogen-bond acceptors (Lipinski definition) is 4. The molecule has 22 heavy (non-hydrogen) atoms. The Balaban J connectivity index is 2.21. The van der Waals surface area contributed by atoms with Crippen molar-refractivity contribution in [2.24, 2.45) is 0 Å². The second kappa shape index (κ2) is 5.76. The molecule has 1 heterocycles. The summed E-state index contributed by atoms with van der Waals surface area (Å²) in [4.78, 5) is 18.6. The number of nitrogens with zero attached hydrogens (tertiary/aromatic N) is 1. The number of H-pyrrole nitrogens is 1. The number of aromatic nitrogens is 2. The molecule has 3 rings (SSSR count). The van der Waals surface area contributed by atoms with Crippen molar-refractivity contribution in [2.75, 3.05) is 12.4 Å². The Hall–Kier alpha value is -2.41. The molecule has 112 valence electrons. The van der Waals surface area contributed by atoms with E-state index in [1.165, 1.54) is 31.6 Å². The minimum Gasteiger partial charge on any atom is -0.465 e. The molecule has 5 nitrogen and oxygen atoms in total. The summed E-state index contributed by atoms with van der Waals surface area (Å²) in [5.74, 6) is -1.51. The summed E-state index contributed by atoms with van der Waals surface area (Å²) in [7, 11) is 1.19. The van der Waals surface area contributed by atoms with E-state index in [1.807, 2.05) is 0 Å². The lowest BCUT2D eigenvalue weighted by Crippen LogP contribution is -2.08. The summed E-state index contributed by atoms with van der Waals surface area (Å²) >= 11 is 3.19. The lowest BCUT2D eigenvalue weighted by molar-refractivity contribution is 0.0601. The van der Waals surface area contributed by atoms with Gasteiger partial charge in [-0.05, 0) is 30.3 Å². The molecule has 0 fully saturated rings. The lowest BCUT2D eigenvalue weighted by Gasteiger charge is -2.12. The molecule has 3 aromatic rings. The third kappa shape index (κ3) is 2.55. The quantitative estimate of drug-likeness (QED) is 0.688. The molecule has 7 heteroatoms. The van der Waals surface area contributed by atoms with Gasteiger partial charge >= 0.3 is 5.97 Å². The molecule has 0 spiro atoms. The maximum absolute atomic E-state index is 14.8. The van der Waals surface area contributed by atoms with Gasteiger partial charge in [0, 0.05) is 10.2 Å². The third-order valence-electron chi connectivity index (χ3n) is 3.02. The number of carbonyl (C=O) groups excluding carboxylic acids is 1. The number of imidazole rings is 1. The van der Waals surface area contributed by atoms with Crippen LogP contribution in [0.1, 0.15) is 13.1 Å². The zero-order chi connectivity index (χ0) is 17.4. The number of fused-ring (bicyclic) bond motifs is 1. The van der Waals surface area contributed by atoms with Crippen LogP contribution in [0.15, 0.2) is 41.1 Å². The highest BCUT2D eigenvalue weighted by atomic mass is 79.9. The fourth-order valence-corrected chi connectivity index (χ4v) is 2.23. The maximum Gasteiger partial charge on any atom is 0.340 e. The van der Waals surface area contributed by atoms with E-state index in [0.29, 0.717) is 9.99 Å². The van der Waals surface area contributed by atoms with E-state index < -0.39 is 11.8 Å². The van der Waals surface area contributed by atoms with Crippen LogP contribution in [-0.2, 0) is 4.74 Å². The minimum absolute atomic E-state index is 0.0216. The van der Waals surface area contributed by atoms with Gasteiger partial charge in [0.25, 0.3) is 0 Å². The van der Waals surface area contributed by atoms with Crippen LogP contribution in [0.5, 0.6) is 0 Å². The molecule has 0 radical (unpaired) electrons. The van der Waals surface area contributed by atoms with Gasteiger partial charge in [-0.25, -0.2) is 14.2 Å². The number of ether oxygens (including phenoxy) is 1. The minimum atomic E-state index is -0.768. The van der Waals surface area contributed by atoms with Gasteiger partial charge in [-0.2, -0.15) is 0 Å². The number of esters is 1. The maximum atomic E-state index is 14.8. The summed E-state index contributed by atoms with van der Waals surface area (Å²) < 4.78 is 36.0. The molecular weight excluding hydrogens is 353 g/mol. The van der Waals surface area contributed by atoms with E-state index in [0.717, 1.165) is 0 Å². The van der Waals surface area contributed by atoms with Crippen molar-refractivity contribution in [1.82, 2.24) is 9.97 Å². The van der Waals surface area contributed by atoms with Crippen LogP contribution in [0.4, 0.5) is 15.8 Å². The SMILES string of the molecule is [2H]c1cc(Br)cc([2H])c1Nc1c(C(=O)OC)cc2[nH]cnc2c1F. The lowest BCUT2D eigenvalue weighted by atomic mass is 10.1. The highest BCUT2D eigenvalue weighted by molar-refractivity contribution is 9.10. The number of benzene rings is 2. The Morgan fingerprint density at radius 3 is 2.91 bits per heavy atom. The number of aromatic amines is 1. The van der Waals surface area contributed by atoms with E-state index in [1.54, 1.807) is 0 Å². The Kier molecular flexibility index (Phi) is 3.19. The highest BCUT2D eigenvalue weighted by Gasteiger charge is 2.21. The first kappa shape index (κ1) is 12.2. The van der Waals surface area contributed by atoms with E-state index in [9.17, 15) is 9.18 Å². The first-order valence-electron chi connectivity index (χ1n) is 7.20. The normalized spacial score (nSPS) is 12.0. The fraction of sp³-hybridized carbons (Fsp3) is 0.0667. The van der Waals surface area contributed by atoms with Crippen molar-refractivity contribution in [3.63, 3.8) is 0 Å². The molecule has 0 unspecified atom stereocenters.